The molecule has 5 heteroatoms. The minimum atomic E-state index is 1.00. The second-order valence-corrected chi connectivity index (χ2v) is 6.79. The summed E-state index contributed by atoms with van der Waals surface area (Å²) in [6.07, 6.45) is 4.16. The molecule has 3 aromatic heterocycles. The standard InChI is InChI=1S/C20H19N5/c1-13-5-3-6-16(22-13)20-19(17-7-4-10-25(17)23-20)14-8-9-15-18(11-14)24(2)12-21-15/h3,5-6,8-9,11-12H,4,7,10H2,1-2H3/p+1. The van der Waals surface area contributed by atoms with Gasteiger partial charge in [0.1, 0.15) is 5.69 Å². The normalized spacial score (nSPS) is 13.5. The van der Waals surface area contributed by atoms with Gasteiger partial charge in [-0.1, -0.05) is 12.1 Å². The van der Waals surface area contributed by atoms with Crippen LogP contribution in [0.4, 0.5) is 0 Å². The Morgan fingerprint density at radius 1 is 1.20 bits per heavy atom. The lowest BCUT2D eigenvalue weighted by Crippen LogP contribution is -2.34. The van der Waals surface area contributed by atoms with Crippen LogP contribution >= 0.6 is 0 Å². The summed E-state index contributed by atoms with van der Waals surface area (Å²) in [5, 5.41) is 3.59. The van der Waals surface area contributed by atoms with Gasteiger partial charge in [-0.25, -0.2) is 4.98 Å². The first-order chi connectivity index (χ1) is 12.2. The average Bonchev–Trinajstić information content (AvgIpc) is 3.29. The van der Waals surface area contributed by atoms with Crippen molar-refractivity contribution < 1.29 is 4.68 Å². The molecule has 0 amide bonds. The second kappa shape index (κ2) is 5.28. The van der Waals surface area contributed by atoms with Gasteiger partial charge in [0.05, 0.1) is 28.6 Å². The summed E-state index contributed by atoms with van der Waals surface area (Å²) in [5.74, 6) is 0. The Balaban J connectivity index is 1.78. The van der Waals surface area contributed by atoms with Gasteiger partial charge in [0.2, 0.25) is 5.69 Å². The molecule has 1 N–H and O–H groups in total. The minimum Gasteiger partial charge on any atom is -0.334 e. The second-order valence-electron chi connectivity index (χ2n) is 6.79. The Morgan fingerprint density at radius 3 is 3.00 bits per heavy atom. The Kier molecular flexibility index (Phi) is 3.04. The van der Waals surface area contributed by atoms with Crippen molar-refractivity contribution in [3.63, 3.8) is 0 Å². The van der Waals surface area contributed by atoms with Crippen LogP contribution in [0.25, 0.3) is 33.5 Å². The fourth-order valence-corrected chi connectivity index (χ4v) is 3.85. The van der Waals surface area contributed by atoms with E-state index in [0.717, 1.165) is 41.1 Å². The number of pyridine rings is 1. The molecule has 1 aromatic carbocycles. The first kappa shape index (κ1) is 14.4. The fraction of sp³-hybridized carbons (Fsp3) is 0.250. The van der Waals surface area contributed by atoms with E-state index in [0.29, 0.717) is 0 Å². The Bertz CT molecular complexity index is 1100. The number of aryl methyl sites for hydroxylation is 3. The van der Waals surface area contributed by atoms with Gasteiger partial charge < -0.3 is 4.57 Å². The molecule has 0 atom stereocenters. The molecule has 4 heterocycles. The van der Waals surface area contributed by atoms with Crippen molar-refractivity contribution in [1.29, 1.82) is 0 Å². The molecule has 5 rings (SSSR count). The number of aromatic amines is 1. The molecule has 1 aliphatic rings. The number of H-pyrrole nitrogens is 1. The highest BCUT2D eigenvalue weighted by Gasteiger charge is 2.31. The van der Waals surface area contributed by atoms with E-state index in [1.54, 1.807) is 0 Å². The molecule has 0 saturated heterocycles. The van der Waals surface area contributed by atoms with E-state index in [2.05, 4.69) is 49.7 Å². The minimum absolute atomic E-state index is 1.00. The number of hydrogen-bond acceptors (Lipinski definition) is 2. The maximum Gasteiger partial charge on any atom is 0.216 e. The zero-order chi connectivity index (χ0) is 17.0. The van der Waals surface area contributed by atoms with Crippen LogP contribution in [0.3, 0.4) is 0 Å². The van der Waals surface area contributed by atoms with E-state index in [4.69, 9.17) is 4.98 Å². The first-order valence-electron chi connectivity index (χ1n) is 8.71. The number of hydrogen-bond donors (Lipinski definition) is 1. The smallest absolute Gasteiger partial charge is 0.216 e. The van der Waals surface area contributed by atoms with Gasteiger partial charge in [0.15, 0.2) is 6.54 Å². The SMILES string of the molecule is Cc1cccc(-c2[nH][n+]3c(c2-c2ccc4ncn(C)c4c2)CCC3)n1. The monoisotopic (exact) mass is 330 g/mol. The van der Waals surface area contributed by atoms with Crippen molar-refractivity contribution in [2.45, 2.75) is 26.3 Å². The predicted octanol–water partition coefficient (Wildman–Crippen LogP) is 3.17. The van der Waals surface area contributed by atoms with Crippen LogP contribution in [0.1, 0.15) is 17.8 Å². The highest BCUT2D eigenvalue weighted by Crippen LogP contribution is 2.35. The molecular formula is C20H20N5+. The van der Waals surface area contributed by atoms with Crippen LogP contribution in [0.5, 0.6) is 0 Å². The molecule has 1 aliphatic heterocycles. The molecular weight excluding hydrogens is 310 g/mol. The molecule has 25 heavy (non-hydrogen) atoms. The summed E-state index contributed by atoms with van der Waals surface area (Å²) in [5.41, 5.74) is 9.20. The summed E-state index contributed by atoms with van der Waals surface area (Å²) < 4.78 is 4.35. The zero-order valence-corrected chi connectivity index (χ0v) is 14.5. The van der Waals surface area contributed by atoms with Crippen LogP contribution in [0.15, 0.2) is 42.7 Å². The van der Waals surface area contributed by atoms with Crippen LogP contribution in [0, 0.1) is 6.92 Å². The third kappa shape index (κ3) is 2.19. The van der Waals surface area contributed by atoms with E-state index in [1.807, 2.05) is 26.4 Å². The number of nitrogens with zero attached hydrogens (tertiary/aromatic N) is 4. The van der Waals surface area contributed by atoms with Crippen molar-refractivity contribution in [2.75, 3.05) is 0 Å². The van der Waals surface area contributed by atoms with Crippen molar-refractivity contribution in [3.8, 4) is 22.5 Å². The molecule has 0 radical (unpaired) electrons. The third-order valence-electron chi connectivity index (χ3n) is 5.07. The number of benzene rings is 1. The highest BCUT2D eigenvalue weighted by atomic mass is 15.3. The summed E-state index contributed by atoms with van der Waals surface area (Å²) in [7, 11) is 2.04. The number of aromatic nitrogens is 5. The molecule has 0 spiro atoms. The molecule has 124 valence electrons. The topological polar surface area (TPSA) is 50.4 Å². The summed E-state index contributed by atoms with van der Waals surface area (Å²) in [4.78, 5) is 9.19. The largest absolute Gasteiger partial charge is 0.334 e. The maximum atomic E-state index is 4.75. The lowest BCUT2D eigenvalue weighted by Gasteiger charge is -2.04. The number of imidazole rings is 1. The highest BCUT2D eigenvalue weighted by molar-refractivity contribution is 5.87. The van der Waals surface area contributed by atoms with Gasteiger partial charge in [0.25, 0.3) is 0 Å². The van der Waals surface area contributed by atoms with Gasteiger partial charge in [-0.2, -0.15) is 5.10 Å². The van der Waals surface area contributed by atoms with Crippen molar-refractivity contribution in [2.24, 2.45) is 7.05 Å². The number of rotatable bonds is 2. The van der Waals surface area contributed by atoms with Gasteiger partial charge in [-0.15, -0.1) is 4.68 Å². The quantitative estimate of drug-likeness (QED) is 0.574. The Morgan fingerprint density at radius 2 is 2.12 bits per heavy atom. The van der Waals surface area contributed by atoms with Gasteiger partial charge in [-0.3, -0.25) is 4.98 Å². The molecule has 0 aliphatic carbocycles. The predicted molar refractivity (Wildman–Crippen MR) is 97.0 cm³/mol. The van der Waals surface area contributed by atoms with E-state index in [1.165, 1.54) is 23.2 Å². The van der Waals surface area contributed by atoms with E-state index in [9.17, 15) is 0 Å². The summed E-state index contributed by atoms with van der Waals surface area (Å²) >= 11 is 0. The van der Waals surface area contributed by atoms with Crippen LogP contribution in [-0.2, 0) is 20.0 Å². The van der Waals surface area contributed by atoms with Crippen LogP contribution < -0.4 is 4.68 Å². The van der Waals surface area contributed by atoms with E-state index >= 15 is 0 Å². The third-order valence-corrected chi connectivity index (χ3v) is 5.07. The van der Waals surface area contributed by atoms with Crippen molar-refractivity contribution in [3.05, 3.63) is 54.1 Å². The summed E-state index contributed by atoms with van der Waals surface area (Å²) in [6.45, 7) is 3.08. The molecule has 4 aromatic rings. The molecule has 0 bridgehead atoms. The first-order valence-corrected chi connectivity index (χ1v) is 8.71. The molecule has 0 saturated carbocycles. The van der Waals surface area contributed by atoms with E-state index < -0.39 is 0 Å². The Labute approximate surface area is 146 Å². The number of nitrogens with one attached hydrogen (secondary N) is 1. The number of fused-ring (bicyclic) bond motifs is 2. The Hall–Kier alpha value is -2.95. The maximum absolute atomic E-state index is 4.75. The fourth-order valence-electron chi connectivity index (χ4n) is 3.85. The lowest BCUT2D eigenvalue weighted by molar-refractivity contribution is -0.743. The molecule has 5 nitrogen and oxygen atoms in total. The van der Waals surface area contributed by atoms with Crippen LogP contribution in [-0.4, -0.2) is 19.6 Å². The van der Waals surface area contributed by atoms with Crippen LogP contribution in [0.2, 0.25) is 0 Å². The average molecular weight is 330 g/mol. The molecule has 0 fully saturated rings. The van der Waals surface area contributed by atoms with Gasteiger partial charge in [0, 0.05) is 25.6 Å². The summed E-state index contributed by atoms with van der Waals surface area (Å²) in [6, 6.07) is 12.7. The van der Waals surface area contributed by atoms with Crippen molar-refractivity contribution >= 4 is 11.0 Å². The van der Waals surface area contributed by atoms with Gasteiger partial charge in [-0.05, 0) is 36.8 Å². The lowest BCUT2D eigenvalue weighted by atomic mass is 9.99. The van der Waals surface area contributed by atoms with Crippen molar-refractivity contribution in [1.82, 2.24) is 19.6 Å². The van der Waals surface area contributed by atoms with E-state index in [-0.39, 0.29) is 0 Å². The molecule has 0 unspecified atom stereocenters. The zero-order valence-electron chi connectivity index (χ0n) is 14.5. The van der Waals surface area contributed by atoms with Gasteiger partial charge >= 0.3 is 0 Å².